The predicted octanol–water partition coefficient (Wildman–Crippen LogP) is 1.24. The summed E-state index contributed by atoms with van der Waals surface area (Å²) in [7, 11) is 2.11. The van der Waals surface area contributed by atoms with Crippen molar-refractivity contribution in [1.29, 1.82) is 0 Å². The molecule has 0 aliphatic carbocycles. The maximum Gasteiger partial charge on any atom is 0.226 e. The Morgan fingerprint density at radius 2 is 1.86 bits per heavy atom. The fourth-order valence-electron chi connectivity index (χ4n) is 1.78. The second-order valence-electron chi connectivity index (χ2n) is 4.99. The Morgan fingerprint density at radius 1 is 1.36 bits per heavy atom. The summed E-state index contributed by atoms with van der Waals surface area (Å²) in [6.45, 7) is 8.16. The van der Waals surface area contributed by atoms with E-state index in [2.05, 4.69) is 24.2 Å². The largest absolute Gasteiger partial charge is 0.353 e. The molecule has 0 spiro atoms. The molecule has 0 aromatic carbocycles. The van der Waals surface area contributed by atoms with Crippen molar-refractivity contribution in [3.05, 3.63) is 0 Å². The molecule has 0 bridgehead atoms. The predicted molar refractivity (Wildman–Crippen MR) is 58.1 cm³/mol. The zero-order valence-corrected chi connectivity index (χ0v) is 9.76. The van der Waals surface area contributed by atoms with Crippen LogP contribution in [0.5, 0.6) is 0 Å². The first-order chi connectivity index (χ1) is 6.44. The van der Waals surface area contributed by atoms with Crippen molar-refractivity contribution in [2.75, 3.05) is 20.1 Å². The van der Waals surface area contributed by atoms with E-state index in [9.17, 15) is 4.79 Å². The maximum atomic E-state index is 11.9. The number of hydrogen-bond acceptors (Lipinski definition) is 2. The van der Waals surface area contributed by atoms with Crippen molar-refractivity contribution in [1.82, 2.24) is 10.2 Å². The zero-order chi connectivity index (χ0) is 10.8. The minimum atomic E-state index is -0.142. The van der Waals surface area contributed by atoms with Gasteiger partial charge >= 0.3 is 0 Å². The third kappa shape index (κ3) is 2.71. The standard InChI is InChI=1S/C11H22N2O/c1-9(2)12-10(14)11(3)5-7-13(4)8-6-11/h9H,5-8H2,1-4H3,(H,12,14). The van der Waals surface area contributed by atoms with Gasteiger partial charge in [-0.15, -0.1) is 0 Å². The molecule has 3 nitrogen and oxygen atoms in total. The van der Waals surface area contributed by atoms with E-state index in [1.54, 1.807) is 0 Å². The van der Waals surface area contributed by atoms with E-state index in [4.69, 9.17) is 0 Å². The molecule has 1 N–H and O–H groups in total. The third-order valence-electron chi connectivity index (χ3n) is 3.06. The smallest absolute Gasteiger partial charge is 0.226 e. The van der Waals surface area contributed by atoms with Gasteiger partial charge in [0.2, 0.25) is 5.91 Å². The Balaban J connectivity index is 2.52. The van der Waals surface area contributed by atoms with Gasteiger partial charge in [-0.1, -0.05) is 6.92 Å². The molecule has 0 aromatic rings. The Bertz CT molecular complexity index is 205. The van der Waals surface area contributed by atoms with E-state index in [0.29, 0.717) is 0 Å². The fourth-order valence-corrected chi connectivity index (χ4v) is 1.78. The number of piperidine rings is 1. The van der Waals surface area contributed by atoms with Gasteiger partial charge in [-0.2, -0.15) is 0 Å². The molecule has 1 saturated heterocycles. The molecule has 0 aromatic heterocycles. The van der Waals surface area contributed by atoms with Crippen LogP contribution in [0.1, 0.15) is 33.6 Å². The van der Waals surface area contributed by atoms with E-state index in [1.807, 2.05) is 13.8 Å². The maximum absolute atomic E-state index is 11.9. The topological polar surface area (TPSA) is 32.3 Å². The molecule has 1 amide bonds. The molecule has 3 heteroatoms. The van der Waals surface area contributed by atoms with Crippen molar-refractivity contribution in [3.63, 3.8) is 0 Å². The summed E-state index contributed by atoms with van der Waals surface area (Å²) in [6.07, 6.45) is 1.95. The second kappa shape index (κ2) is 4.30. The van der Waals surface area contributed by atoms with Crippen molar-refractivity contribution < 1.29 is 4.79 Å². The Morgan fingerprint density at radius 3 is 2.29 bits per heavy atom. The lowest BCUT2D eigenvalue weighted by Crippen LogP contribution is -2.47. The highest BCUT2D eigenvalue weighted by atomic mass is 16.2. The van der Waals surface area contributed by atoms with E-state index >= 15 is 0 Å². The Kier molecular flexibility index (Phi) is 3.53. The van der Waals surface area contributed by atoms with Gasteiger partial charge in [0.15, 0.2) is 0 Å². The number of amides is 1. The number of hydrogen-bond donors (Lipinski definition) is 1. The number of rotatable bonds is 2. The summed E-state index contributed by atoms with van der Waals surface area (Å²) in [5.41, 5.74) is -0.142. The minimum absolute atomic E-state index is 0.142. The van der Waals surface area contributed by atoms with Crippen LogP contribution in [0, 0.1) is 5.41 Å². The van der Waals surface area contributed by atoms with Gasteiger partial charge in [0.1, 0.15) is 0 Å². The first-order valence-corrected chi connectivity index (χ1v) is 5.43. The quantitative estimate of drug-likeness (QED) is 0.724. The number of likely N-dealkylation sites (tertiary alicyclic amines) is 1. The summed E-state index contributed by atoms with van der Waals surface area (Å²) in [4.78, 5) is 14.2. The van der Waals surface area contributed by atoms with Gasteiger partial charge in [-0.25, -0.2) is 0 Å². The van der Waals surface area contributed by atoms with Crippen LogP contribution in [0.25, 0.3) is 0 Å². The van der Waals surface area contributed by atoms with Crippen molar-refractivity contribution in [3.8, 4) is 0 Å². The second-order valence-corrected chi connectivity index (χ2v) is 4.99. The number of carbonyl (C=O) groups is 1. The number of carbonyl (C=O) groups excluding carboxylic acids is 1. The highest BCUT2D eigenvalue weighted by Crippen LogP contribution is 2.30. The minimum Gasteiger partial charge on any atom is -0.353 e. The Labute approximate surface area is 86.9 Å². The van der Waals surface area contributed by atoms with Crippen LogP contribution >= 0.6 is 0 Å². The molecular weight excluding hydrogens is 176 g/mol. The van der Waals surface area contributed by atoms with Crippen LogP contribution in [-0.4, -0.2) is 37.0 Å². The zero-order valence-electron chi connectivity index (χ0n) is 9.76. The monoisotopic (exact) mass is 198 g/mol. The molecule has 1 heterocycles. The number of nitrogens with zero attached hydrogens (tertiary/aromatic N) is 1. The van der Waals surface area contributed by atoms with E-state index in [0.717, 1.165) is 25.9 Å². The molecule has 0 saturated carbocycles. The molecular formula is C11H22N2O. The summed E-state index contributed by atoms with van der Waals surface area (Å²) < 4.78 is 0. The summed E-state index contributed by atoms with van der Waals surface area (Å²) >= 11 is 0. The van der Waals surface area contributed by atoms with Crippen molar-refractivity contribution in [2.45, 2.75) is 39.7 Å². The van der Waals surface area contributed by atoms with Gasteiger partial charge in [0.25, 0.3) is 0 Å². The van der Waals surface area contributed by atoms with E-state index in [-0.39, 0.29) is 17.4 Å². The molecule has 0 unspecified atom stereocenters. The van der Waals surface area contributed by atoms with Crippen LogP contribution in [0.2, 0.25) is 0 Å². The first kappa shape index (κ1) is 11.5. The van der Waals surface area contributed by atoms with Crippen LogP contribution in [0.3, 0.4) is 0 Å². The molecule has 1 rings (SSSR count). The Hall–Kier alpha value is -0.570. The van der Waals surface area contributed by atoms with Crippen molar-refractivity contribution in [2.24, 2.45) is 5.41 Å². The van der Waals surface area contributed by atoms with E-state index < -0.39 is 0 Å². The van der Waals surface area contributed by atoms with Gasteiger partial charge in [0.05, 0.1) is 0 Å². The van der Waals surface area contributed by atoms with Gasteiger partial charge in [0, 0.05) is 11.5 Å². The first-order valence-electron chi connectivity index (χ1n) is 5.43. The molecule has 14 heavy (non-hydrogen) atoms. The van der Waals surface area contributed by atoms with Gasteiger partial charge in [-0.3, -0.25) is 4.79 Å². The molecule has 1 aliphatic heterocycles. The van der Waals surface area contributed by atoms with Crippen LogP contribution in [0.15, 0.2) is 0 Å². The normalized spacial score (nSPS) is 22.4. The molecule has 1 fully saturated rings. The molecule has 1 aliphatic rings. The lowest BCUT2D eigenvalue weighted by molar-refractivity contribution is -0.133. The van der Waals surface area contributed by atoms with Crippen LogP contribution < -0.4 is 5.32 Å². The molecule has 0 atom stereocenters. The SMILES string of the molecule is CC(C)NC(=O)C1(C)CCN(C)CC1. The summed E-state index contributed by atoms with van der Waals surface area (Å²) in [5.74, 6) is 0.223. The summed E-state index contributed by atoms with van der Waals surface area (Å²) in [5, 5.41) is 3.01. The number of nitrogens with one attached hydrogen (secondary N) is 1. The highest BCUT2D eigenvalue weighted by Gasteiger charge is 2.35. The molecule has 82 valence electrons. The average molecular weight is 198 g/mol. The van der Waals surface area contributed by atoms with Gasteiger partial charge < -0.3 is 10.2 Å². The third-order valence-corrected chi connectivity index (χ3v) is 3.06. The van der Waals surface area contributed by atoms with Crippen LogP contribution in [0.4, 0.5) is 0 Å². The highest BCUT2D eigenvalue weighted by molar-refractivity contribution is 5.82. The fraction of sp³-hybridized carbons (Fsp3) is 0.909. The summed E-state index contributed by atoms with van der Waals surface area (Å²) in [6, 6.07) is 0.249. The lowest BCUT2D eigenvalue weighted by Gasteiger charge is -2.37. The molecule has 0 radical (unpaired) electrons. The van der Waals surface area contributed by atoms with E-state index in [1.165, 1.54) is 0 Å². The van der Waals surface area contributed by atoms with Crippen molar-refractivity contribution >= 4 is 5.91 Å². The average Bonchev–Trinajstić information content (AvgIpc) is 2.09. The van der Waals surface area contributed by atoms with Crippen LogP contribution in [-0.2, 0) is 4.79 Å². The lowest BCUT2D eigenvalue weighted by atomic mass is 9.79. The van der Waals surface area contributed by atoms with Gasteiger partial charge in [-0.05, 0) is 46.8 Å².